The summed E-state index contributed by atoms with van der Waals surface area (Å²) < 4.78 is 33.3. The molecule has 32 heavy (non-hydrogen) atoms. The van der Waals surface area contributed by atoms with Crippen LogP contribution in [0.2, 0.25) is 0 Å². The van der Waals surface area contributed by atoms with E-state index in [1.807, 2.05) is 32.0 Å². The molecule has 0 fully saturated rings. The van der Waals surface area contributed by atoms with Crippen molar-refractivity contribution in [2.75, 3.05) is 0 Å². The lowest BCUT2D eigenvalue weighted by Gasteiger charge is -2.32. The fraction of sp³-hybridized carbons (Fsp3) is 0.348. The lowest BCUT2D eigenvalue weighted by atomic mass is 9.75. The van der Waals surface area contributed by atoms with Crippen LogP contribution in [0.5, 0.6) is 11.6 Å². The minimum Gasteiger partial charge on any atom is -0.438 e. The van der Waals surface area contributed by atoms with Crippen LogP contribution in [0.15, 0.2) is 41.6 Å². The smallest absolute Gasteiger partial charge is 0.283 e. The fourth-order valence-corrected chi connectivity index (χ4v) is 4.92. The van der Waals surface area contributed by atoms with Crippen LogP contribution < -0.4 is 9.46 Å². The van der Waals surface area contributed by atoms with Crippen molar-refractivity contribution >= 4 is 15.9 Å². The van der Waals surface area contributed by atoms with Gasteiger partial charge in [0.25, 0.3) is 15.9 Å². The molecule has 0 saturated heterocycles. The molecule has 1 aliphatic rings. The summed E-state index contributed by atoms with van der Waals surface area (Å²) in [6.07, 6.45) is 4.07. The van der Waals surface area contributed by atoms with Gasteiger partial charge >= 0.3 is 0 Å². The number of H-pyrrole nitrogens is 1. The molecule has 168 valence electrons. The largest absolute Gasteiger partial charge is 0.438 e. The number of nitrogens with one attached hydrogen (secondary N) is 2. The van der Waals surface area contributed by atoms with Crippen molar-refractivity contribution in [1.29, 1.82) is 0 Å². The average Bonchev–Trinajstić information content (AvgIpc) is 3.25. The molecule has 2 N–H and O–H groups in total. The second kappa shape index (κ2) is 8.05. The molecule has 1 amide bonds. The molecule has 1 aliphatic carbocycles. The van der Waals surface area contributed by atoms with E-state index in [2.05, 4.69) is 28.8 Å². The first-order valence-electron chi connectivity index (χ1n) is 10.4. The minimum atomic E-state index is -4.14. The number of pyridine rings is 1. The Labute approximate surface area is 187 Å². The molecule has 0 spiro atoms. The molecule has 0 radical (unpaired) electrons. The number of fused-ring (bicyclic) bond motifs is 1. The second-order valence-electron chi connectivity index (χ2n) is 8.80. The first-order valence-corrected chi connectivity index (χ1v) is 11.9. The number of hydrogen-bond acceptors (Lipinski definition) is 6. The Balaban J connectivity index is 1.78. The van der Waals surface area contributed by atoms with Crippen LogP contribution >= 0.6 is 0 Å². The van der Waals surface area contributed by atoms with E-state index < -0.39 is 15.9 Å². The zero-order valence-electron chi connectivity index (χ0n) is 18.5. The van der Waals surface area contributed by atoms with E-state index in [-0.39, 0.29) is 21.9 Å². The number of hydrogen-bond donors (Lipinski definition) is 2. The first-order chi connectivity index (χ1) is 15.1. The van der Waals surface area contributed by atoms with Crippen molar-refractivity contribution in [1.82, 2.24) is 19.9 Å². The SMILES string of the molecule is Cc1ccc(Oc2nc3c(cc2C(=O)NS(=O)(=O)c2cc[nH]n2)CCCC3(C)C)c(C)c1. The highest BCUT2D eigenvalue weighted by molar-refractivity contribution is 7.90. The summed E-state index contributed by atoms with van der Waals surface area (Å²) in [6, 6.07) is 8.68. The van der Waals surface area contributed by atoms with Crippen LogP contribution in [0.25, 0.3) is 0 Å². The molecule has 0 saturated carbocycles. The fourth-order valence-electron chi connectivity index (χ4n) is 4.04. The molecule has 8 nitrogen and oxygen atoms in total. The number of amides is 1. The van der Waals surface area contributed by atoms with E-state index in [0.717, 1.165) is 41.6 Å². The normalized spacial score (nSPS) is 15.1. The van der Waals surface area contributed by atoms with Crippen molar-refractivity contribution in [2.24, 2.45) is 0 Å². The van der Waals surface area contributed by atoms with E-state index in [9.17, 15) is 13.2 Å². The molecule has 0 bridgehead atoms. The number of rotatable bonds is 5. The number of carbonyl (C=O) groups excluding carboxylic acids is 1. The Morgan fingerprint density at radius 2 is 1.97 bits per heavy atom. The molecule has 9 heteroatoms. The van der Waals surface area contributed by atoms with Gasteiger partial charge in [-0.05, 0) is 62.4 Å². The van der Waals surface area contributed by atoms with Gasteiger partial charge in [0.05, 0.1) is 5.69 Å². The maximum atomic E-state index is 13.1. The number of aryl methyl sites for hydroxylation is 3. The van der Waals surface area contributed by atoms with Gasteiger partial charge in [0.1, 0.15) is 11.3 Å². The molecule has 1 aromatic carbocycles. The predicted molar refractivity (Wildman–Crippen MR) is 119 cm³/mol. The Hall–Kier alpha value is -3.20. The second-order valence-corrected chi connectivity index (χ2v) is 10.4. The van der Waals surface area contributed by atoms with Crippen molar-refractivity contribution < 1.29 is 17.9 Å². The highest BCUT2D eigenvalue weighted by atomic mass is 32.2. The Morgan fingerprint density at radius 3 is 2.66 bits per heavy atom. The summed E-state index contributed by atoms with van der Waals surface area (Å²) in [7, 11) is -4.14. The summed E-state index contributed by atoms with van der Waals surface area (Å²) in [6.45, 7) is 8.11. The molecule has 2 heterocycles. The van der Waals surface area contributed by atoms with Crippen molar-refractivity contribution in [3.05, 3.63) is 64.5 Å². The van der Waals surface area contributed by atoms with Gasteiger partial charge in [-0.2, -0.15) is 13.5 Å². The van der Waals surface area contributed by atoms with E-state index in [4.69, 9.17) is 9.72 Å². The first kappa shape index (κ1) is 22.0. The number of nitrogens with zero attached hydrogens (tertiary/aromatic N) is 2. The van der Waals surface area contributed by atoms with Crippen LogP contribution in [0, 0.1) is 13.8 Å². The molecular weight excluding hydrogens is 428 g/mol. The number of benzene rings is 1. The van der Waals surface area contributed by atoms with Gasteiger partial charge in [-0.1, -0.05) is 31.5 Å². The van der Waals surface area contributed by atoms with E-state index in [1.54, 1.807) is 6.07 Å². The molecule has 3 aromatic rings. The molecule has 0 unspecified atom stereocenters. The third-order valence-electron chi connectivity index (χ3n) is 5.71. The number of ether oxygens (including phenoxy) is 1. The van der Waals surface area contributed by atoms with Gasteiger partial charge < -0.3 is 4.74 Å². The highest BCUT2D eigenvalue weighted by Gasteiger charge is 2.33. The van der Waals surface area contributed by atoms with E-state index in [1.165, 1.54) is 12.3 Å². The lowest BCUT2D eigenvalue weighted by Crippen LogP contribution is -2.32. The Kier molecular flexibility index (Phi) is 5.54. The van der Waals surface area contributed by atoms with Crippen molar-refractivity contribution in [3.63, 3.8) is 0 Å². The van der Waals surface area contributed by atoms with E-state index in [0.29, 0.717) is 5.75 Å². The quantitative estimate of drug-likeness (QED) is 0.603. The number of aromatic nitrogens is 3. The summed E-state index contributed by atoms with van der Waals surface area (Å²) in [5, 5.41) is 5.83. The lowest BCUT2D eigenvalue weighted by molar-refractivity contribution is 0.0978. The van der Waals surface area contributed by atoms with Gasteiger partial charge in [0.2, 0.25) is 5.88 Å². The van der Waals surface area contributed by atoms with Crippen molar-refractivity contribution in [3.8, 4) is 11.6 Å². The standard InChI is InChI=1S/C23H26N4O4S/c1-14-7-8-18(15(2)12-14)31-22-17(13-16-6-5-10-23(3,4)20(16)25-22)21(28)27-32(29,30)19-9-11-24-26-19/h7-9,11-13H,5-6,10H2,1-4H3,(H,24,26)(H,27,28). The molecule has 2 aromatic heterocycles. The maximum absolute atomic E-state index is 13.1. The summed E-state index contributed by atoms with van der Waals surface area (Å²) in [5.41, 5.74) is 3.66. The average molecular weight is 455 g/mol. The zero-order valence-corrected chi connectivity index (χ0v) is 19.3. The number of aromatic amines is 1. The monoisotopic (exact) mass is 454 g/mol. The van der Waals surface area contributed by atoms with Gasteiger partial charge in [-0.3, -0.25) is 9.89 Å². The Bertz CT molecular complexity index is 1280. The molecule has 0 aliphatic heterocycles. The predicted octanol–water partition coefficient (Wildman–Crippen LogP) is 3.95. The van der Waals surface area contributed by atoms with Crippen LogP contribution in [0.3, 0.4) is 0 Å². The third-order valence-corrected chi connectivity index (χ3v) is 6.95. The summed E-state index contributed by atoms with van der Waals surface area (Å²) in [4.78, 5) is 17.8. The third kappa shape index (κ3) is 4.25. The number of carbonyl (C=O) groups is 1. The Morgan fingerprint density at radius 1 is 1.19 bits per heavy atom. The van der Waals surface area contributed by atoms with Gasteiger partial charge in [0.15, 0.2) is 5.03 Å². The van der Waals surface area contributed by atoms with Crippen molar-refractivity contribution in [2.45, 2.75) is 57.4 Å². The molecular formula is C23H26N4O4S. The zero-order chi connectivity index (χ0) is 23.1. The summed E-state index contributed by atoms with van der Waals surface area (Å²) >= 11 is 0. The number of sulfonamides is 1. The minimum absolute atomic E-state index is 0.0699. The van der Waals surface area contributed by atoms with Crippen LogP contribution in [-0.4, -0.2) is 29.5 Å². The van der Waals surface area contributed by atoms with Gasteiger partial charge in [-0.15, -0.1) is 0 Å². The van der Waals surface area contributed by atoms with Gasteiger partial charge in [0, 0.05) is 11.6 Å². The van der Waals surface area contributed by atoms with Gasteiger partial charge in [-0.25, -0.2) is 9.71 Å². The molecule has 0 atom stereocenters. The van der Waals surface area contributed by atoms with Crippen LogP contribution in [0.4, 0.5) is 0 Å². The topological polar surface area (TPSA) is 114 Å². The molecule has 4 rings (SSSR count). The van der Waals surface area contributed by atoms with Crippen LogP contribution in [0.1, 0.15) is 59.4 Å². The maximum Gasteiger partial charge on any atom is 0.283 e. The van der Waals surface area contributed by atoms with E-state index >= 15 is 0 Å². The highest BCUT2D eigenvalue weighted by Crippen LogP contribution is 2.39. The van der Waals surface area contributed by atoms with Crippen LogP contribution in [-0.2, 0) is 21.9 Å². The summed E-state index contributed by atoms with van der Waals surface area (Å²) in [5.74, 6) is -0.173.